The topological polar surface area (TPSA) is 83.8 Å². The van der Waals surface area contributed by atoms with Gasteiger partial charge in [-0.05, 0) is 34.1 Å². The minimum absolute atomic E-state index is 0.131. The Hall–Kier alpha value is -1.82. The number of nitrogens with zero attached hydrogens (tertiary/aromatic N) is 1. The summed E-state index contributed by atoms with van der Waals surface area (Å²) in [6.45, 7) is 0.553. The Bertz CT molecular complexity index is 539. The number of halogens is 1. The van der Waals surface area contributed by atoms with Crippen molar-refractivity contribution in [3.05, 3.63) is 46.5 Å². The first kappa shape index (κ1) is 12.6. The van der Waals surface area contributed by atoms with Crippen LogP contribution in [0.1, 0.15) is 16.1 Å². The molecule has 1 heterocycles. The van der Waals surface area contributed by atoms with Gasteiger partial charge in [0.05, 0.1) is 6.33 Å². The second kappa shape index (κ2) is 5.68. The fourth-order valence-electron chi connectivity index (χ4n) is 1.52. The monoisotopic (exact) mass is 308 g/mol. The van der Waals surface area contributed by atoms with Gasteiger partial charge in [0.1, 0.15) is 0 Å². The fraction of sp³-hybridized carbons (Fsp3) is 0.167. The molecule has 18 heavy (non-hydrogen) atoms. The van der Waals surface area contributed by atoms with Crippen LogP contribution in [0.4, 0.5) is 5.69 Å². The van der Waals surface area contributed by atoms with Gasteiger partial charge in [0.25, 0.3) is 5.91 Å². The van der Waals surface area contributed by atoms with Crippen molar-refractivity contribution in [3.8, 4) is 0 Å². The summed E-state index contributed by atoms with van der Waals surface area (Å²) in [5, 5.41) is 2.83. The van der Waals surface area contributed by atoms with Crippen LogP contribution in [-0.2, 0) is 6.42 Å². The zero-order chi connectivity index (χ0) is 13.0. The average molecular weight is 309 g/mol. The van der Waals surface area contributed by atoms with Gasteiger partial charge in [-0.1, -0.05) is 0 Å². The molecule has 94 valence electrons. The normalized spacial score (nSPS) is 10.3. The number of carbonyl (C=O) groups excluding carboxylic acids is 1. The van der Waals surface area contributed by atoms with Crippen LogP contribution in [0.5, 0.6) is 0 Å². The lowest BCUT2D eigenvalue weighted by Crippen LogP contribution is -2.25. The van der Waals surface area contributed by atoms with Crippen molar-refractivity contribution in [2.45, 2.75) is 6.42 Å². The molecule has 0 bridgehead atoms. The van der Waals surface area contributed by atoms with Crippen LogP contribution in [0.2, 0.25) is 0 Å². The third-order valence-corrected chi connectivity index (χ3v) is 3.22. The minimum Gasteiger partial charge on any atom is -0.398 e. The molecule has 0 unspecified atom stereocenters. The molecule has 1 amide bonds. The van der Waals surface area contributed by atoms with Crippen molar-refractivity contribution in [2.75, 3.05) is 12.3 Å². The predicted molar refractivity (Wildman–Crippen MR) is 73.2 cm³/mol. The smallest absolute Gasteiger partial charge is 0.251 e. The Morgan fingerprint density at radius 3 is 3.00 bits per heavy atom. The lowest BCUT2D eigenvalue weighted by molar-refractivity contribution is 0.0954. The van der Waals surface area contributed by atoms with Gasteiger partial charge in [0, 0.05) is 40.6 Å². The van der Waals surface area contributed by atoms with Crippen molar-refractivity contribution >= 4 is 27.5 Å². The van der Waals surface area contributed by atoms with Crippen LogP contribution < -0.4 is 11.1 Å². The minimum atomic E-state index is -0.131. The van der Waals surface area contributed by atoms with Crippen LogP contribution in [0, 0.1) is 0 Å². The van der Waals surface area contributed by atoms with E-state index in [1.165, 1.54) is 0 Å². The number of nitrogen functional groups attached to an aromatic ring is 1. The second-order valence-corrected chi connectivity index (χ2v) is 4.67. The molecule has 4 N–H and O–H groups in total. The van der Waals surface area contributed by atoms with E-state index in [-0.39, 0.29) is 5.91 Å². The van der Waals surface area contributed by atoms with Crippen LogP contribution >= 0.6 is 15.9 Å². The molecule has 5 nitrogen and oxygen atoms in total. The summed E-state index contributed by atoms with van der Waals surface area (Å²) in [4.78, 5) is 18.7. The molecule has 0 saturated heterocycles. The predicted octanol–water partition coefficient (Wildman–Crippen LogP) is 1.73. The molecule has 0 aliphatic carbocycles. The molecule has 2 aromatic rings. The molecule has 6 heteroatoms. The van der Waals surface area contributed by atoms with E-state index < -0.39 is 0 Å². The molecule has 0 aliphatic rings. The standard InChI is InChI=1S/C12H13BrN4O/c13-10-2-1-8(5-11(10)14)12(18)16-4-3-9-6-15-7-17-9/h1-2,5-7H,3-4,14H2,(H,15,17)(H,16,18). The molecule has 1 aromatic carbocycles. The first-order valence-electron chi connectivity index (χ1n) is 5.47. The first-order chi connectivity index (χ1) is 8.66. The maximum atomic E-state index is 11.8. The van der Waals surface area contributed by atoms with E-state index in [0.717, 1.165) is 16.6 Å². The van der Waals surface area contributed by atoms with Gasteiger partial charge in [-0.15, -0.1) is 0 Å². The molecule has 0 radical (unpaired) electrons. The van der Waals surface area contributed by atoms with Crippen molar-refractivity contribution in [2.24, 2.45) is 0 Å². The number of hydrogen-bond donors (Lipinski definition) is 3. The summed E-state index contributed by atoms with van der Waals surface area (Å²) >= 11 is 3.29. The number of nitrogens with two attached hydrogens (primary N) is 1. The summed E-state index contributed by atoms with van der Waals surface area (Å²) < 4.78 is 0.788. The number of hydrogen-bond acceptors (Lipinski definition) is 3. The third-order valence-electron chi connectivity index (χ3n) is 2.49. The molecular weight excluding hydrogens is 296 g/mol. The average Bonchev–Trinajstić information content (AvgIpc) is 2.85. The number of nitrogens with one attached hydrogen (secondary N) is 2. The Balaban J connectivity index is 1.89. The number of carbonyl (C=O) groups is 1. The van der Waals surface area contributed by atoms with Crippen molar-refractivity contribution in [1.82, 2.24) is 15.3 Å². The fourth-order valence-corrected chi connectivity index (χ4v) is 1.77. The summed E-state index contributed by atoms with van der Waals surface area (Å²) in [6.07, 6.45) is 4.08. The van der Waals surface area contributed by atoms with E-state index >= 15 is 0 Å². The largest absolute Gasteiger partial charge is 0.398 e. The number of imidazole rings is 1. The number of rotatable bonds is 4. The van der Waals surface area contributed by atoms with Crippen LogP contribution in [0.3, 0.4) is 0 Å². The zero-order valence-corrected chi connectivity index (χ0v) is 11.2. The number of anilines is 1. The molecule has 1 aromatic heterocycles. The molecule has 0 saturated carbocycles. The third kappa shape index (κ3) is 3.10. The van der Waals surface area contributed by atoms with E-state index in [4.69, 9.17) is 5.73 Å². The Morgan fingerprint density at radius 1 is 1.50 bits per heavy atom. The van der Waals surface area contributed by atoms with Crippen LogP contribution in [0.25, 0.3) is 0 Å². The maximum absolute atomic E-state index is 11.8. The summed E-state index contributed by atoms with van der Waals surface area (Å²) in [5.74, 6) is -0.131. The zero-order valence-electron chi connectivity index (χ0n) is 9.61. The lowest BCUT2D eigenvalue weighted by atomic mass is 10.2. The highest BCUT2D eigenvalue weighted by molar-refractivity contribution is 9.10. The van der Waals surface area contributed by atoms with Crippen molar-refractivity contribution < 1.29 is 4.79 Å². The van der Waals surface area contributed by atoms with Gasteiger partial charge in [0.15, 0.2) is 0 Å². The van der Waals surface area contributed by atoms with E-state index in [2.05, 4.69) is 31.2 Å². The van der Waals surface area contributed by atoms with E-state index in [0.29, 0.717) is 17.8 Å². The van der Waals surface area contributed by atoms with Gasteiger partial charge in [-0.3, -0.25) is 4.79 Å². The van der Waals surface area contributed by atoms with Crippen LogP contribution in [0.15, 0.2) is 35.2 Å². The highest BCUT2D eigenvalue weighted by Gasteiger charge is 2.06. The summed E-state index contributed by atoms with van der Waals surface area (Å²) in [5.41, 5.74) is 7.82. The molecule has 0 spiro atoms. The second-order valence-electron chi connectivity index (χ2n) is 3.82. The van der Waals surface area contributed by atoms with Gasteiger partial charge in [-0.25, -0.2) is 4.98 Å². The summed E-state index contributed by atoms with van der Waals surface area (Å²) in [7, 11) is 0. The Labute approximate surface area is 113 Å². The summed E-state index contributed by atoms with van der Waals surface area (Å²) in [6, 6.07) is 5.14. The van der Waals surface area contributed by atoms with Crippen molar-refractivity contribution in [1.29, 1.82) is 0 Å². The van der Waals surface area contributed by atoms with Gasteiger partial charge in [0.2, 0.25) is 0 Å². The van der Waals surface area contributed by atoms with Crippen LogP contribution in [-0.4, -0.2) is 22.4 Å². The number of amides is 1. The highest BCUT2D eigenvalue weighted by Crippen LogP contribution is 2.19. The van der Waals surface area contributed by atoms with Gasteiger partial charge in [-0.2, -0.15) is 0 Å². The number of aromatic nitrogens is 2. The van der Waals surface area contributed by atoms with Crippen molar-refractivity contribution in [3.63, 3.8) is 0 Å². The first-order valence-corrected chi connectivity index (χ1v) is 6.26. The SMILES string of the molecule is Nc1cc(C(=O)NCCc2cnc[nH]2)ccc1Br. The lowest BCUT2D eigenvalue weighted by Gasteiger charge is -2.06. The van der Waals surface area contributed by atoms with E-state index in [9.17, 15) is 4.79 Å². The highest BCUT2D eigenvalue weighted by atomic mass is 79.9. The molecular formula is C12H13BrN4O. The number of aromatic amines is 1. The van der Waals surface area contributed by atoms with Gasteiger partial charge >= 0.3 is 0 Å². The van der Waals surface area contributed by atoms with E-state index in [1.54, 1.807) is 30.7 Å². The van der Waals surface area contributed by atoms with E-state index in [1.807, 2.05) is 0 Å². The quantitative estimate of drug-likeness (QED) is 0.752. The molecule has 0 aliphatic heterocycles. The number of H-pyrrole nitrogens is 1. The molecule has 2 rings (SSSR count). The molecule has 0 fully saturated rings. The Morgan fingerprint density at radius 2 is 2.33 bits per heavy atom. The van der Waals surface area contributed by atoms with Gasteiger partial charge < -0.3 is 16.0 Å². The maximum Gasteiger partial charge on any atom is 0.251 e. The Kier molecular flexibility index (Phi) is 3.99. The number of benzene rings is 1. The molecule has 0 atom stereocenters.